The molecule has 0 aliphatic carbocycles. The van der Waals surface area contributed by atoms with Gasteiger partial charge in [0.2, 0.25) is 0 Å². The lowest BCUT2D eigenvalue weighted by Crippen LogP contribution is -2.42. The minimum absolute atomic E-state index is 0.0449. The number of alkyl halides is 4. The Morgan fingerprint density at radius 3 is 2.55 bits per heavy atom. The van der Waals surface area contributed by atoms with Crippen LogP contribution >= 0.6 is 0 Å². The third kappa shape index (κ3) is 3.88. The van der Waals surface area contributed by atoms with Crippen molar-refractivity contribution in [2.24, 2.45) is 5.73 Å². The first-order valence-corrected chi connectivity index (χ1v) is 6.79. The number of ether oxygens (including phenoxy) is 1. The molecular weight excluding hydrogens is 304 g/mol. The van der Waals surface area contributed by atoms with Crippen molar-refractivity contribution >= 4 is 5.91 Å². The third-order valence-corrected chi connectivity index (χ3v) is 3.42. The molecule has 0 atom stereocenters. The van der Waals surface area contributed by atoms with Crippen LogP contribution in [-0.4, -0.2) is 42.5 Å². The van der Waals surface area contributed by atoms with E-state index in [4.69, 9.17) is 5.73 Å². The molecule has 1 amide bonds. The lowest BCUT2D eigenvalue weighted by molar-refractivity contribution is -0.253. The van der Waals surface area contributed by atoms with E-state index in [9.17, 15) is 22.4 Å². The highest BCUT2D eigenvalue weighted by Crippen LogP contribution is 2.28. The average molecular weight is 320 g/mol. The van der Waals surface area contributed by atoms with E-state index in [1.165, 1.54) is 12.1 Å². The maximum Gasteiger partial charge on any atom is 0.461 e. The Kier molecular flexibility index (Phi) is 4.90. The number of halogens is 4. The third-order valence-electron chi connectivity index (χ3n) is 3.42. The van der Waals surface area contributed by atoms with Crippen LogP contribution in [0.1, 0.15) is 23.2 Å². The standard InChI is InChI=1S/C14H16F4N2O2/c15-13(16)14(17,18)22-11-3-1-2-9(8-11)12(21)20-6-4-10(19)5-7-20/h1-3,8,10,13H,4-7,19H2. The van der Waals surface area contributed by atoms with Gasteiger partial charge < -0.3 is 15.4 Å². The number of piperidine rings is 1. The molecular formula is C14H16F4N2O2. The number of hydrogen-bond donors (Lipinski definition) is 1. The molecule has 1 aromatic carbocycles. The SMILES string of the molecule is NC1CCN(C(=O)c2cccc(OC(F)(F)C(F)F)c2)CC1. The molecule has 8 heteroatoms. The van der Waals surface area contributed by atoms with Crippen molar-refractivity contribution in [3.05, 3.63) is 29.8 Å². The summed E-state index contributed by atoms with van der Waals surface area (Å²) in [4.78, 5) is 13.8. The van der Waals surface area contributed by atoms with E-state index in [0.717, 1.165) is 12.1 Å². The van der Waals surface area contributed by atoms with Gasteiger partial charge in [-0.2, -0.15) is 17.6 Å². The Hall–Kier alpha value is -1.83. The molecule has 22 heavy (non-hydrogen) atoms. The molecule has 0 unspecified atom stereocenters. The summed E-state index contributed by atoms with van der Waals surface area (Å²) in [5.74, 6) is -0.845. The first-order chi connectivity index (χ1) is 10.3. The van der Waals surface area contributed by atoms with Crippen molar-refractivity contribution in [1.29, 1.82) is 0 Å². The van der Waals surface area contributed by atoms with Gasteiger partial charge in [0.05, 0.1) is 0 Å². The Bertz CT molecular complexity index is 531. The lowest BCUT2D eigenvalue weighted by Gasteiger charge is -2.30. The lowest BCUT2D eigenvalue weighted by atomic mass is 10.0. The quantitative estimate of drug-likeness (QED) is 0.867. The van der Waals surface area contributed by atoms with Crippen LogP contribution in [0.5, 0.6) is 5.75 Å². The molecule has 0 saturated carbocycles. The minimum atomic E-state index is -4.60. The Balaban J connectivity index is 2.09. The van der Waals surface area contributed by atoms with Gasteiger partial charge in [0, 0.05) is 24.7 Å². The smallest absolute Gasteiger partial charge is 0.428 e. The van der Waals surface area contributed by atoms with Crippen molar-refractivity contribution in [2.75, 3.05) is 13.1 Å². The number of rotatable bonds is 4. The summed E-state index contributed by atoms with van der Waals surface area (Å²) >= 11 is 0. The van der Waals surface area contributed by atoms with Crippen LogP contribution in [0, 0.1) is 0 Å². The van der Waals surface area contributed by atoms with Crippen molar-refractivity contribution in [3.63, 3.8) is 0 Å². The van der Waals surface area contributed by atoms with Crippen LogP contribution in [0.15, 0.2) is 24.3 Å². The number of carbonyl (C=O) groups excluding carboxylic acids is 1. The highest BCUT2D eigenvalue weighted by atomic mass is 19.3. The monoisotopic (exact) mass is 320 g/mol. The summed E-state index contributed by atoms with van der Waals surface area (Å²) in [6, 6.07) is 4.90. The fourth-order valence-electron chi connectivity index (χ4n) is 2.18. The summed E-state index contributed by atoms with van der Waals surface area (Å²) in [5.41, 5.74) is 5.85. The minimum Gasteiger partial charge on any atom is -0.428 e. The Morgan fingerprint density at radius 1 is 1.32 bits per heavy atom. The summed E-state index contributed by atoms with van der Waals surface area (Å²) < 4.78 is 54.0. The highest BCUT2D eigenvalue weighted by molar-refractivity contribution is 5.94. The van der Waals surface area contributed by atoms with Gasteiger partial charge >= 0.3 is 12.5 Å². The van der Waals surface area contributed by atoms with Gasteiger partial charge in [-0.3, -0.25) is 4.79 Å². The number of carbonyl (C=O) groups is 1. The largest absolute Gasteiger partial charge is 0.461 e. The average Bonchev–Trinajstić information content (AvgIpc) is 2.47. The van der Waals surface area contributed by atoms with E-state index in [1.807, 2.05) is 0 Å². The van der Waals surface area contributed by atoms with E-state index in [1.54, 1.807) is 4.90 Å². The predicted molar refractivity (Wildman–Crippen MR) is 71.1 cm³/mol. The first-order valence-electron chi connectivity index (χ1n) is 6.79. The van der Waals surface area contributed by atoms with Gasteiger partial charge in [0.15, 0.2) is 0 Å². The number of hydrogen-bond acceptors (Lipinski definition) is 3. The molecule has 0 radical (unpaired) electrons. The van der Waals surface area contributed by atoms with E-state index in [2.05, 4.69) is 4.74 Å². The van der Waals surface area contributed by atoms with Crippen LogP contribution in [0.25, 0.3) is 0 Å². The fraction of sp³-hybridized carbons (Fsp3) is 0.500. The molecule has 2 rings (SSSR count). The maximum absolute atomic E-state index is 12.9. The van der Waals surface area contributed by atoms with Gasteiger partial charge in [-0.25, -0.2) is 0 Å². The van der Waals surface area contributed by atoms with Crippen molar-refractivity contribution in [1.82, 2.24) is 4.90 Å². The molecule has 0 bridgehead atoms. The second-order valence-corrected chi connectivity index (χ2v) is 5.12. The molecule has 4 nitrogen and oxygen atoms in total. The zero-order valence-electron chi connectivity index (χ0n) is 11.6. The number of nitrogens with zero attached hydrogens (tertiary/aromatic N) is 1. The summed E-state index contributed by atoms with van der Waals surface area (Å²) in [6.07, 6.45) is -7.23. The number of likely N-dealkylation sites (tertiary alicyclic amines) is 1. The molecule has 2 N–H and O–H groups in total. The van der Waals surface area contributed by atoms with Crippen LogP contribution in [-0.2, 0) is 0 Å². The molecule has 0 aromatic heterocycles. The second-order valence-electron chi connectivity index (χ2n) is 5.12. The normalized spacial score (nSPS) is 16.9. The number of benzene rings is 1. The molecule has 1 aromatic rings. The predicted octanol–water partition coefficient (Wildman–Crippen LogP) is 2.49. The maximum atomic E-state index is 12.9. The molecule has 1 heterocycles. The first kappa shape index (κ1) is 16.5. The Labute approximate surface area is 124 Å². The molecule has 0 spiro atoms. The van der Waals surface area contributed by atoms with Crippen molar-refractivity contribution in [3.8, 4) is 5.75 Å². The summed E-state index contributed by atoms with van der Waals surface area (Å²) in [5, 5.41) is 0. The number of nitrogens with two attached hydrogens (primary N) is 1. The molecule has 1 fully saturated rings. The molecule has 1 aliphatic rings. The van der Waals surface area contributed by atoms with E-state index in [0.29, 0.717) is 25.9 Å². The highest BCUT2D eigenvalue weighted by Gasteiger charge is 2.44. The van der Waals surface area contributed by atoms with Gasteiger partial charge in [0.1, 0.15) is 5.75 Å². The van der Waals surface area contributed by atoms with Gasteiger partial charge in [-0.15, -0.1) is 0 Å². The van der Waals surface area contributed by atoms with Crippen LogP contribution in [0.2, 0.25) is 0 Å². The van der Waals surface area contributed by atoms with E-state index < -0.39 is 18.3 Å². The van der Waals surface area contributed by atoms with Crippen molar-refractivity contribution in [2.45, 2.75) is 31.4 Å². The van der Waals surface area contributed by atoms with E-state index in [-0.39, 0.29) is 17.5 Å². The zero-order valence-corrected chi connectivity index (χ0v) is 11.6. The molecule has 1 aliphatic heterocycles. The molecule has 1 saturated heterocycles. The zero-order chi connectivity index (χ0) is 16.3. The topological polar surface area (TPSA) is 55.6 Å². The van der Waals surface area contributed by atoms with Crippen LogP contribution < -0.4 is 10.5 Å². The van der Waals surface area contributed by atoms with Gasteiger partial charge in [-0.1, -0.05) is 6.07 Å². The summed E-state index contributed by atoms with van der Waals surface area (Å²) in [6.45, 7) is 0.941. The van der Waals surface area contributed by atoms with Crippen molar-refractivity contribution < 1.29 is 27.1 Å². The number of amides is 1. The molecule has 122 valence electrons. The second kappa shape index (κ2) is 6.51. The fourth-order valence-corrected chi connectivity index (χ4v) is 2.18. The summed E-state index contributed by atoms with van der Waals surface area (Å²) in [7, 11) is 0. The van der Waals surface area contributed by atoms with Gasteiger partial charge in [0.25, 0.3) is 5.91 Å². The van der Waals surface area contributed by atoms with E-state index >= 15 is 0 Å². The Morgan fingerprint density at radius 2 is 1.95 bits per heavy atom. The van der Waals surface area contributed by atoms with Gasteiger partial charge in [-0.05, 0) is 31.0 Å². The van der Waals surface area contributed by atoms with Crippen LogP contribution in [0.4, 0.5) is 17.6 Å². The van der Waals surface area contributed by atoms with Crippen LogP contribution in [0.3, 0.4) is 0 Å².